The van der Waals surface area contributed by atoms with Crippen LogP contribution < -0.4 is 10.1 Å². The summed E-state index contributed by atoms with van der Waals surface area (Å²) in [6, 6.07) is 14.4. The molecule has 0 aliphatic heterocycles. The standard InChI is InChI=1S/C31H42N4O3/c1-23-17-18-24(2)28(20-23)38-22-30(36)32-19-11-5-8-16-29-33-26-14-9-10-15-27(26)35(29)21-31(37)34(3)25-12-6-4-7-13-25/h9-10,14-15,17-18,20,25H,4-8,11-13,16,19,21-22H2,1-3H3,(H,32,36). The van der Waals surface area contributed by atoms with Crippen LogP contribution in [0.5, 0.6) is 5.75 Å². The maximum atomic E-state index is 13.2. The first-order chi connectivity index (χ1) is 18.4. The van der Waals surface area contributed by atoms with Crippen molar-refractivity contribution >= 4 is 22.8 Å². The summed E-state index contributed by atoms with van der Waals surface area (Å²) in [7, 11) is 1.96. The predicted molar refractivity (Wildman–Crippen MR) is 151 cm³/mol. The van der Waals surface area contributed by atoms with E-state index < -0.39 is 0 Å². The monoisotopic (exact) mass is 518 g/mol. The molecule has 4 rings (SSSR count). The van der Waals surface area contributed by atoms with Crippen molar-refractivity contribution in [3.63, 3.8) is 0 Å². The number of aromatic nitrogens is 2. The van der Waals surface area contributed by atoms with Crippen molar-refractivity contribution in [2.24, 2.45) is 0 Å². The lowest BCUT2D eigenvalue weighted by molar-refractivity contribution is -0.133. The number of hydrogen-bond acceptors (Lipinski definition) is 4. The Kier molecular flexibility index (Phi) is 9.79. The molecule has 1 aromatic heterocycles. The van der Waals surface area contributed by atoms with Gasteiger partial charge in [-0.25, -0.2) is 4.98 Å². The molecular weight excluding hydrogens is 476 g/mol. The third-order valence-corrected chi connectivity index (χ3v) is 7.64. The number of carbonyl (C=O) groups is 2. The van der Waals surface area contributed by atoms with Gasteiger partial charge in [-0.3, -0.25) is 9.59 Å². The number of likely N-dealkylation sites (N-methyl/N-ethyl adjacent to an activating group) is 1. The maximum Gasteiger partial charge on any atom is 0.257 e. The van der Waals surface area contributed by atoms with Crippen molar-refractivity contribution in [2.75, 3.05) is 20.2 Å². The number of fused-ring (bicyclic) bond motifs is 1. The van der Waals surface area contributed by atoms with Gasteiger partial charge in [-0.05, 0) is 68.9 Å². The molecule has 0 spiro atoms. The molecule has 3 aromatic rings. The Hall–Kier alpha value is -3.35. The number of unbranched alkanes of at least 4 members (excludes halogenated alkanes) is 2. The second kappa shape index (κ2) is 13.4. The molecule has 1 aliphatic carbocycles. The lowest BCUT2D eigenvalue weighted by atomic mass is 9.94. The van der Waals surface area contributed by atoms with Gasteiger partial charge in [0.2, 0.25) is 5.91 Å². The summed E-state index contributed by atoms with van der Waals surface area (Å²) in [5.74, 6) is 1.77. The summed E-state index contributed by atoms with van der Waals surface area (Å²) in [6.07, 6.45) is 9.52. The number of benzene rings is 2. The molecule has 1 fully saturated rings. The van der Waals surface area contributed by atoms with Crippen molar-refractivity contribution in [3.8, 4) is 5.75 Å². The summed E-state index contributed by atoms with van der Waals surface area (Å²) in [5, 5.41) is 2.95. The fourth-order valence-electron chi connectivity index (χ4n) is 5.28. The quantitative estimate of drug-likeness (QED) is 0.328. The van der Waals surface area contributed by atoms with E-state index in [1.165, 1.54) is 19.3 Å². The van der Waals surface area contributed by atoms with E-state index in [1.807, 2.05) is 62.2 Å². The maximum absolute atomic E-state index is 13.2. The predicted octanol–water partition coefficient (Wildman–Crippen LogP) is 5.35. The van der Waals surface area contributed by atoms with Crippen LogP contribution >= 0.6 is 0 Å². The topological polar surface area (TPSA) is 76.5 Å². The Balaban J connectivity index is 1.23. The molecule has 2 amide bonds. The van der Waals surface area contributed by atoms with Crippen LogP contribution in [0.3, 0.4) is 0 Å². The van der Waals surface area contributed by atoms with Gasteiger partial charge >= 0.3 is 0 Å². The summed E-state index contributed by atoms with van der Waals surface area (Å²) < 4.78 is 7.79. The first-order valence-corrected chi connectivity index (χ1v) is 14.1. The number of para-hydroxylation sites is 2. The Morgan fingerprint density at radius 3 is 2.66 bits per heavy atom. The van der Waals surface area contributed by atoms with Crippen LogP contribution in [-0.2, 0) is 22.6 Å². The van der Waals surface area contributed by atoms with Crippen molar-refractivity contribution in [1.82, 2.24) is 19.8 Å². The van der Waals surface area contributed by atoms with E-state index in [0.29, 0.717) is 19.1 Å². The van der Waals surface area contributed by atoms with Crippen LogP contribution in [0.1, 0.15) is 68.3 Å². The van der Waals surface area contributed by atoms with Gasteiger partial charge in [0.05, 0.1) is 11.0 Å². The molecule has 2 aromatic carbocycles. The number of hydrogen-bond donors (Lipinski definition) is 1. The molecule has 1 saturated carbocycles. The molecule has 0 unspecified atom stereocenters. The zero-order valence-corrected chi connectivity index (χ0v) is 23.2. The fraction of sp³-hybridized carbons (Fsp3) is 0.516. The Morgan fingerprint density at radius 1 is 1.05 bits per heavy atom. The van der Waals surface area contributed by atoms with Gasteiger partial charge in [0, 0.05) is 26.1 Å². The zero-order valence-electron chi connectivity index (χ0n) is 23.2. The average molecular weight is 519 g/mol. The number of carbonyl (C=O) groups excluding carboxylic acids is 2. The Labute approximate surface area is 226 Å². The Morgan fingerprint density at radius 2 is 1.84 bits per heavy atom. The van der Waals surface area contributed by atoms with E-state index in [1.54, 1.807) is 0 Å². The van der Waals surface area contributed by atoms with Crippen LogP contribution in [0.25, 0.3) is 11.0 Å². The van der Waals surface area contributed by atoms with Gasteiger partial charge in [0.25, 0.3) is 5.91 Å². The van der Waals surface area contributed by atoms with Gasteiger partial charge in [-0.2, -0.15) is 0 Å². The lowest BCUT2D eigenvalue weighted by Crippen LogP contribution is -2.40. The number of amides is 2. The van der Waals surface area contributed by atoms with E-state index in [9.17, 15) is 9.59 Å². The van der Waals surface area contributed by atoms with E-state index in [0.717, 1.165) is 72.3 Å². The molecule has 7 heteroatoms. The molecular formula is C31H42N4O3. The molecule has 0 saturated heterocycles. The minimum Gasteiger partial charge on any atom is -0.483 e. The van der Waals surface area contributed by atoms with E-state index in [-0.39, 0.29) is 18.4 Å². The van der Waals surface area contributed by atoms with Crippen molar-refractivity contribution < 1.29 is 14.3 Å². The zero-order chi connectivity index (χ0) is 26.9. The number of nitrogens with one attached hydrogen (secondary N) is 1. The van der Waals surface area contributed by atoms with Crippen LogP contribution in [-0.4, -0.2) is 52.5 Å². The highest BCUT2D eigenvalue weighted by Gasteiger charge is 2.23. The van der Waals surface area contributed by atoms with E-state index >= 15 is 0 Å². The molecule has 0 atom stereocenters. The van der Waals surface area contributed by atoms with Crippen LogP contribution in [0.15, 0.2) is 42.5 Å². The highest BCUT2D eigenvalue weighted by atomic mass is 16.5. The average Bonchev–Trinajstić information content (AvgIpc) is 3.28. The van der Waals surface area contributed by atoms with E-state index in [2.05, 4.69) is 16.0 Å². The first kappa shape index (κ1) is 27.7. The fourth-order valence-corrected chi connectivity index (χ4v) is 5.28. The second-order valence-electron chi connectivity index (χ2n) is 10.6. The van der Waals surface area contributed by atoms with Gasteiger partial charge in [-0.15, -0.1) is 0 Å². The highest BCUT2D eigenvalue weighted by molar-refractivity contribution is 5.81. The van der Waals surface area contributed by atoms with Crippen LogP contribution in [0.2, 0.25) is 0 Å². The van der Waals surface area contributed by atoms with E-state index in [4.69, 9.17) is 9.72 Å². The smallest absolute Gasteiger partial charge is 0.257 e. The molecule has 0 bridgehead atoms. The number of imidazole rings is 1. The minimum atomic E-state index is -0.103. The Bertz CT molecular complexity index is 1230. The van der Waals surface area contributed by atoms with Crippen LogP contribution in [0.4, 0.5) is 0 Å². The van der Waals surface area contributed by atoms with Gasteiger partial charge in [-0.1, -0.05) is 49.9 Å². The van der Waals surface area contributed by atoms with Crippen molar-refractivity contribution in [2.45, 2.75) is 84.2 Å². The highest BCUT2D eigenvalue weighted by Crippen LogP contribution is 2.23. The molecule has 1 heterocycles. The number of aryl methyl sites for hydroxylation is 3. The third-order valence-electron chi connectivity index (χ3n) is 7.64. The summed E-state index contributed by atoms with van der Waals surface area (Å²) >= 11 is 0. The van der Waals surface area contributed by atoms with Gasteiger partial charge < -0.3 is 19.5 Å². The minimum absolute atomic E-state index is 0.0254. The van der Waals surface area contributed by atoms with Crippen molar-refractivity contribution in [3.05, 3.63) is 59.4 Å². The lowest BCUT2D eigenvalue weighted by Gasteiger charge is -2.31. The molecule has 1 aliphatic rings. The molecule has 0 radical (unpaired) electrons. The van der Waals surface area contributed by atoms with Gasteiger partial charge in [0.15, 0.2) is 6.61 Å². The molecule has 204 valence electrons. The summed E-state index contributed by atoms with van der Waals surface area (Å²) in [4.78, 5) is 32.2. The molecule has 1 N–H and O–H groups in total. The van der Waals surface area contributed by atoms with Crippen molar-refractivity contribution in [1.29, 1.82) is 0 Å². The van der Waals surface area contributed by atoms with Crippen LogP contribution in [0, 0.1) is 13.8 Å². The second-order valence-corrected chi connectivity index (χ2v) is 10.6. The molecule has 38 heavy (non-hydrogen) atoms. The number of ether oxygens (including phenoxy) is 1. The third kappa shape index (κ3) is 7.36. The summed E-state index contributed by atoms with van der Waals surface area (Å²) in [5.41, 5.74) is 4.09. The number of nitrogens with zero attached hydrogens (tertiary/aromatic N) is 3. The largest absolute Gasteiger partial charge is 0.483 e. The summed E-state index contributed by atoms with van der Waals surface area (Å²) in [6.45, 7) is 4.97. The SMILES string of the molecule is Cc1ccc(C)c(OCC(=O)NCCCCCc2nc3ccccc3n2CC(=O)N(C)C2CCCCC2)c1. The molecule has 7 nitrogen and oxygen atoms in total. The first-order valence-electron chi connectivity index (χ1n) is 14.1. The normalized spacial score (nSPS) is 14.0. The number of rotatable bonds is 12. The van der Waals surface area contributed by atoms with Gasteiger partial charge in [0.1, 0.15) is 18.1 Å².